The van der Waals surface area contributed by atoms with E-state index in [1.807, 2.05) is 24.3 Å². The monoisotopic (exact) mass is 607 g/mol. The minimum atomic E-state index is -0.818. The second-order valence-electron chi connectivity index (χ2n) is 11.9. The van der Waals surface area contributed by atoms with Crippen molar-refractivity contribution < 1.29 is 28.6 Å². The Balaban J connectivity index is 1.70. The van der Waals surface area contributed by atoms with Gasteiger partial charge in [-0.25, -0.2) is 19.4 Å². The van der Waals surface area contributed by atoms with E-state index in [0.717, 1.165) is 12.0 Å². The summed E-state index contributed by atoms with van der Waals surface area (Å²) >= 11 is 6.55. The largest absolute Gasteiger partial charge is 0.444 e. The molecule has 3 aromatic carbocycles. The quantitative estimate of drug-likeness (QED) is 0.127. The van der Waals surface area contributed by atoms with E-state index in [9.17, 15) is 14.4 Å². The molecular formula is C33H38ClN3O6. The summed E-state index contributed by atoms with van der Waals surface area (Å²) in [5.41, 5.74) is 1.23. The standard InChI is InChI=1S/C33H38ClN3O6/c1-21(19-22-11-9-8-10-12-22)26-18-17-25(20-27(26)34)41-28(38)23-13-15-24(16-14-23)35-29(36-30(39)42-32(2,3)4)37-31(40)43-33(5,6)7/h8-18,20-21H,19H2,1-7H3,(H2,35,36,37,39,40). The average Bonchev–Trinajstić information content (AvgIpc) is 2.87. The van der Waals surface area contributed by atoms with Gasteiger partial charge in [-0.15, -0.1) is 0 Å². The third-order valence-corrected chi connectivity index (χ3v) is 6.01. The van der Waals surface area contributed by atoms with Crippen LogP contribution in [0.1, 0.15) is 75.9 Å². The van der Waals surface area contributed by atoms with Gasteiger partial charge in [0, 0.05) is 5.02 Å². The van der Waals surface area contributed by atoms with Crippen molar-refractivity contribution in [3.05, 3.63) is 94.5 Å². The number of alkyl carbamates (subject to hydrolysis) is 2. The molecule has 3 rings (SSSR count). The second-order valence-corrected chi connectivity index (χ2v) is 12.3. The van der Waals surface area contributed by atoms with Crippen LogP contribution in [0.25, 0.3) is 0 Å². The third-order valence-electron chi connectivity index (χ3n) is 5.68. The maximum absolute atomic E-state index is 12.8. The Labute approximate surface area is 257 Å². The van der Waals surface area contributed by atoms with Crippen LogP contribution in [-0.4, -0.2) is 35.3 Å². The summed E-state index contributed by atoms with van der Waals surface area (Å²) in [4.78, 5) is 41.8. The Bertz CT molecular complexity index is 1430. The molecule has 228 valence electrons. The number of nitrogens with one attached hydrogen (secondary N) is 2. The maximum atomic E-state index is 12.8. The van der Waals surface area contributed by atoms with E-state index in [1.54, 1.807) is 53.7 Å². The van der Waals surface area contributed by atoms with E-state index in [2.05, 4.69) is 34.7 Å². The number of hydrogen-bond donors (Lipinski definition) is 2. The van der Waals surface area contributed by atoms with Crippen LogP contribution in [0.3, 0.4) is 0 Å². The van der Waals surface area contributed by atoms with Gasteiger partial charge in [-0.3, -0.25) is 10.6 Å². The summed E-state index contributed by atoms with van der Waals surface area (Å²) in [6.07, 6.45) is -0.806. The molecule has 0 fully saturated rings. The van der Waals surface area contributed by atoms with Gasteiger partial charge in [0.1, 0.15) is 17.0 Å². The van der Waals surface area contributed by atoms with Crippen molar-refractivity contribution in [3.8, 4) is 5.75 Å². The third kappa shape index (κ3) is 11.4. The first kappa shape index (κ1) is 33.1. The number of amides is 2. The summed E-state index contributed by atoms with van der Waals surface area (Å²) in [6.45, 7) is 12.3. The minimum absolute atomic E-state index is 0.173. The number of aliphatic imine (C=N–C) groups is 1. The number of carbonyl (C=O) groups is 3. The second kappa shape index (κ2) is 14.2. The highest BCUT2D eigenvalue weighted by Gasteiger charge is 2.21. The zero-order valence-electron chi connectivity index (χ0n) is 25.5. The fourth-order valence-corrected chi connectivity index (χ4v) is 4.26. The molecule has 0 heterocycles. The number of esters is 1. The van der Waals surface area contributed by atoms with Gasteiger partial charge in [0.2, 0.25) is 5.96 Å². The molecular weight excluding hydrogens is 570 g/mol. The number of hydrogen-bond acceptors (Lipinski definition) is 7. The molecule has 0 bridgehead atoms. The van der Waals surface area contributed by atoms with Crippen molar-refractivity contribution in [2.45, 2.75) is 72.0 Å². The van der Waals surface area contributed by atoms with E-state index < -0.39 is 29.4 Å². The maximum Gasteiger partial charge on any atom is 0.414 e. The number of rotatable bonds is 6. The number of ether oxygens (including phenoxy) is 3. The Morgan fingerprint density at radius 3 is 1.88 bits per heavy atom. The van der Waals surface area contributed by atoms with Crippen LogP contribution in [0.2, 0.25) is 5.02 Å². The lowest BCUT2D eigenvalue weighted by Crippen LogP contribution is -2.47. The molecule has 2 amide bonds. The van der Waals surface area contributed by atoms with E-state index in [0.29, 0.717) is 16.5 Å². The van der Waals surface area contributed by atoms with E-state index >= 15 is 0 Å². The van der Waals surface area contributed by atoms with E-state index in [-0.39, 0.29) is 17.4 Å². The lowest BCUT2D eigenvalue weighted by Gasteiger charge is -2.22. The van der Waals surface area contributed by atoms with Gasteiger partial charge < -0.3 is 14.2 Å². The smallest absolute Gasteiger partial charge is 0.414 e. The van der Waals surface area contributed by atoms with Crippen LogP contribution in [0.15, 0.2) is 77.8 Å². The fraction of sp³-hybridized carbons (Fsp3) is 0.333. The first-order chi connectivity index (χ1) is 20.1. The molecule has 43 heavy (non-hydrogen) atoms. The van der Waals surface area contributed by atoms with Gasteiger partial charge in [-0.2, -0.15) is 0 Å². The summed E-state index contributed by atoms with van der Waals surface area (Å²) in [5.74, 6) is -0.309. The molecule has 0 aliphatic carbocycles. The molecule has 0 aliphatic rings. The van der Waals surface area contributed by atoms with Gasteiger partial charge in [0.15, 0.2) is 0 Å². The highest BCUT2D eigenvalue weighted by molar-refractivity contribution is 6.31. The minimum Gasteiger partial charge on any atom is -0.444 e. The normalized spacial score (nSPS) is 12.0. The lowest BCUT2D eigenvalue weighted by atomic mass is 9.93. The topological polar surface area (TPSA) is 115 Å². The van der Waals surface area contributed by atoms with Crippen LogP contribution in [0, 0.1) is 0 Å². The molecule has 0 saturated carbocycles. The predicted octanol–water partition coefficient (Wildman–Crippen LogP) is 7.94. The van der Waals surface area contributed by atoms with Crippen molar-refractivity contribution in [1.82, 2.24) is 10.6 Å². The van der Waals surface area contributed by atoms with Crippen LogP contribution in [-0.2, 0) is 15.9 Å². The zero-order chi connectivity index (χ0) is 31.8. The molecule has 10 heteroatoms. The van der Waals surface area contributed by atoms with Crippen molar-refractivity contribution in [3.63, 3.8) is 0 Å². The summed E-state index contributed by atoms with van der Waals surface area (Å²) in [6, 6.07) is 21.5. The number of guanidine groups is 1. The van der Waals surface area contributed by atoms with Crippen LogP contribution < -0.4 is 15.4 Å². The van der Waals surface area contributed by atoms with Gasteiger partial charge in [-0.05, 0) is 101 Å². The van der Waals surface area contributed by atoms with Gasteiger partial charge in [0.25, 0.3) is 0 Å². The summed E-state index contributed by atoms with van der Waals surface area (Å²) < 4.78 is 16.1. The molecule has 3 aromatic rings. The zero-order valence-corrected chi connectivity index (χ0v) is 26.2. The van der Waals surface area contributed by atoms with Gasteiger partial charge >= 0.3 is 18.2 Å². The molecule has 1 atom stereocenters. The van der Waals surface area contributed by atoms with E-state index in [4.69, 9.17) is 25.8 Å². The Kier molecular flexibility index (Phi) is 10.9. The van der Waals surface area contributed by atoms with Crippen LogP contribution in [0.5, 0.6) is 5.75 Å². The van der Waals surface area contributed by atoms with Gasteiger partial charge in [-0.1, -0.05) is 54.9 Å². The fourth-order valence-electron chi connectivity index (χ4n) is 3.90. The SMILES string of the molecule is CC(Cc1ccccc1)c1ccc(OC(=O)c2ccc(N=C(NC(=O)OC(C)(C)C)NC(=O)OC(C)(C)C)cc2)cc1Cl. The summed E-state index contributed by atoms with van der Waals surface area (Å²) in [5, 5.41) is 5.34. The number of benzene rings is 3. The van der Waals surface area contributed by atoms with E-state index in [1.165, 1.54) is 29.8 Å². The molecule has 2 N–H and O–H groups in total. The molecule has 0 aliphatic heterocycles. The first-order valence-electron chi connectivity index (χ1n) is 13.8. The van der Waals surface area contributed by atoms with Crippen molar-refractivity contribution >= 4 is 41.4 Å². The predicted molar refractivity (Wildman–Crippen MR) is 167 cm³/mol. The molecule has 0 saturated heterocycles. The highest BCUT2D eigenvalue weighted by Crippen LogP contribution is 2.31. The highest BCUT2D eigenvalue weighted by atomic mass is 35.5. The number of halogens is 1. The lowest BCUT2D eigenvalue weighted by molar-refractivity contribution is 0.0544. The van der Waals surface area contributed by atoms with Gasteiger partial charge in [0.05, 0.1) is 11.3 Å². The Hall–Kier alpha value is -4.37. The number of carbonyl (C=O) groups excluding carboxylic acids is 3. The van der Waals surface area contributed by atoms with Crippen molar-refractivity contribution in [1.29, 1.82) is 0 Å². The summed E-state index contributed by atoms with van der Waals surface area (Å²) in [7, 11) is 0. The first-order valence-corrected chi connectivity index (χ1v) is 14.2. The number of nitrogens with zero attached hydrogens (tertiary/aromatic N) is 1. The molecule has 0 aromatic heterocycles. The molecule has 1 unspecified atom stereocenters. The Morgan fingerprint density at radius 2 is 1.37 bits per heavy atom. The van der Waals surface area contributed by atoms with Crippen molar-refractivity contribution in [2.75, 3.05) is 0 Å². The van der Waals surface area contributed by atoms with Crippen LogP contribution >= 0.6 is 11.6 Å². The molecule has 9 nitrogen and oxygen atoms in total. The molecule has 0 radical (unpaired) electrons. The van der Waals surface area contributed by atoms with Crippen LogP contribution in [0.4, 0.5) is 15.3 Å². The Morgan fingerprint density at radius 1 is 0.814 bits per heavy atom. The van der Waals surface area contributed by atoms with Crippen molar-refractivity contribution in [2.24, 2.45) is 4.99 Å². The average molecular weight is 608 g/mol. The molecule has 0 spiro atoms.